The lowest BCUT2D eigenvalue weighted by Gasteiger charge is -2.25. The van der Waals surface area contributed by atoms with Gasteiger partial charge in [-0.15, -0.1) is 0 Å². The van der Waals surface area contributed by atoms with Gasteiger partial charge in [-0.05, 0) is 43.4 Å². The highest BCUT2D eigenvalue weighted by atomic mass is 79.9. The molecule has 0 aliphatic heterocycles. The summed E-state index contributed by atoms with van der Waals surface area (Å²) in [6.45, 7) is 2.85. The number of aryl methyl sites for hydroxylation is 1. The Balaban J connectivity index is 1.91. The standard InChI is InChI=1S/C12H15BrO/c1-9-5-6-10(7-12(9)13)8-14-11-3-2-4-11/h5-7,11H,2-4,8H2,1H3. The van der Waals surface area contributed by atoms with Crippen molar-refractivity contribution < 1.29 is 4.74 Å². The molecule has 0 unspecified atom stereocenters. The number of hydrogen-bond acceptors (Lipinski definition) is 1. The van der Waals surface area contributed by atoms with Crippen LogP contribution in [0.25, 0.3) is 0 Å². The lowest BCUT2D eigenvalue weighted by atomic mass is 9.96. The minimum absolute atomic E-state index is 0.523. The van der Waals surface area contributed by atoms with Crippen LogP contribution in [0.2, 0.25) is 0 Å². The van der Waals surface area contributed by atoms with Crippen LogP contribution in [0.3, 0.4) is 0 Å². The average molecular weight is 255 g/mol. The van der Waals surface area contributed by atoms with E-state index in [1.165, 1.54) is 34.9 Å². The van der Waals surface area contributed by atoms with E-state index < -0.39 is 0 Å². The van der Waals surface area contributed by atoms with E-state index in [9.17, 15) is 0 Å². The number of halogens is 1. The van der Waals surface area contributed by atoms with Gasteiger partial charge >= 0.3 is 0 Å². The van der Waals surface area contributed by atoms with Crippen LogP contribution in [0.1, 0.15) is 30.4 Å². The minimum atomic E-state index is 0.523. The number of hydrogen-bond donors (Lipinski definition) is 0. The monoisotopic (exact) mass is 254 g/mol. The van der Waals surface area contributed by atoms with Crippen molar-refractivity contribution in [2.75, 3.05) is 0 Å². The number of ether oxygens (including phenoxy) is 1. The molecule has 76 valence electrons. The van der Waals surface area contributed by atoms with Crippen LogP contribution >= 0.6 is 15.9 Å². The zero-order valence-corrected chi connectivity index (χ0v) is 10.0. The summed E-state index contributed by atoms with van der Waals surface area (Å²) in [5.41, 5.74) is 2.53. The molecular formula is C12H15BrO. The fraction of sp³-hybridized carbons (Fsp3) is 0.500. The SMILES string of the molecule is Cc1ccc(COC2CCC2)cc1Br. The summed E-state index contributed by atoms with van der Waals surface area (Å²) in [5.74, 6) is 0. The third-order valence-corrected chi connectivity index (χ3v) is 3.63. The van der Waals surface area contributed by atoms with Crippen LogP contribution in [-0.2, 0) is 11.3 Å². The highest BCUT2D eigenvalue weighted by Gasteiger charge is 2.17. The molecule has 0 heterocycles. The molecule has 0 N–H and O–H groups in total. The predicted molar refractivity (Wildman–Crippen MR) is 61.3 cm³/mol. The van der Waals surface area contributed by atoms with E-state index >= 15 is 0 Å². The van der Waals surface area contributed by atoms with Gasteiger partial charge in [-0.3, -0.25) is 0 Å². The molecule has 2 heteroatoms. The van der Waals surface area contributed by atoms with E-state index in [2.05, 4.69) is 41.1 Å². The summed E-state index contributed by atoms with van der Waals surface area (Å²) in [6.07, 6.45) is 4.34. The highest BCUT2D eigenvalue weighted by Crippen LogP contribution is 2.24. The number of benzene rings is 1. The second-order valence-corrected chi connectivity index (χ2v) is 4.80. The summed E-state index contributed by atoms with van der Waals surface area (Å²) in [4.78, 5) is 0. The molecule has 1 aliphatic rings. The van der Waals surface area contributed by atoms with Crippen molar-refractivity contribution in [1.29, 1.82) is 0 Å². The first kappa shape index (κ1) is 10.2. The van der Waals surface area contributed by atoms with Crippen LogP contribution in [0.4, 0.5) is 0 Å². The van der Waals surface area contributed by atoms with Gasteiger partial charge in [0.25, 0.3) is 0 Å². The molecule has 1 nitrogen and oxygen atoms in total. The molecule has 0 atom stereocenters. The van der Waals surface area contributed by atoms with Gasteiger partial charge in [0.05, 0.1) is 12.7 Å². The van der Waals surface area contributed by atoms with Gasteiger partial charge in [0, 0.05) is 4.47 Å². The van der Waals surface area contributed by atoms with Gasteiger partial charge in [-0.25, -0.2) is 0 Å². The molecule has 0 bridgehead atoms. The van der Waals surface area contributed by atoms with E-state index in [1.54, 1.807) is 0 Å². The first-order valence-corrected chi connectivity index (χ1v) is 5.91. The van der Waals surface area contributed by atoms with Crippen molar-refractivity contribution in [2.24, 2.45) is 0 Å². The normalized spacial score (nSPS) is 16.7. The molecule has 0 spiro atoms. The highest BCUT2D eigenvalue weighted by molar-refractivity contribution is 9.10. The van der Waals surface area contributed by atoms with Gasteiger partial charge in [-0.2, -0.15) is 0 Å². The van der Waals surface area contributed by atoms with Crippen LogP contribution in [0.5, 0.6) is 0 Å². The maximum atomic E-state index is 5.74. The molecule has 0 saturated heterocycles. The Bertz CT molecular complexity index is 318. The van der Waals surface area contributed by atoms with Crippen LogP contribution in [0.15, 0.2) is 22.7 Å². The zero-order valence-electron chi connectivity index (χ0n) is 8.42. The van der Waals surface area contributed by atoms with Gasteiger partial charge in [0.1, 0.15) is 0 Å². The van der Waals surface area contributed by atoms with E-state index in [0.29, 0.717) is 6.10 Å². The second kappa shape index (κ2) is 4.45. The lowest BCUT2D eigenvalue weighted by molar-refractivity contribution is -0.00868. The third-order valence-electron chi connectivity index (χ3n) is 2.77. The van der Waals surface area contributed by atoms with E-state index in [4.69, 9.17) is 4.74 Å². The largest absolute Gasteiger partial charge is 0.374 e. The van der Waals surface area contributed by atoms with Crippen molar-refractivity contribution in [2.45, 2.75) is 38.9 Å². The molecule has 1 saturated carbocycles. The molecule has 1 aliphatic carbocycles. The molecule has 1 aromatic rings. The van der Waals surface area contributed by atoms with Crippen molar-refractivity contribution in [1.82, 2.24) is 0 Å². The molecular weight excluding hydrogens is 240 g/mol. The molecule has 1 aromatic carbocycles. The van der Waals surface area contributed by atoms with Gasteiger partial charge in [0.15, 0.2) is 0 Å². The Morgan fingerprint density at radius 2 is 2.21 bits per heavy atom. The molecule has 2 rings (SSSR count). The Morgan fingerprint density at radius 3 is 2.79 bits per heavy atom. The van der Waals surface area contributed by atoms with Crippen LogP contribution in [-0.4, -0.2) is 6.10 Å². The Kier molecular flexibility index (Phi) is 3.24. The maximum absolute atomic E-state index is 5.74. The van der Waals surface area contributed by atoms with E-state index in [0.717, 1.165) is 6.61 Å². The summed E-state index contributed by atoms with van der Waals surface area (Å²) in [5, 5.41) is 0. The van der Waals surface area contributed by atoms with Crippen molar-refractivity contribution in [3.8, 4) is 0 Å². The molecule has 14 heavy (non-hydrogen) atoms. The topological polar surface area (TPSA) is 9.23 Å². The fourth-order valence-electron chi connectivity index (χ4n) is 1.48. The third kappa shape index (κ3) is 2.37. The second-order valence-electron chi connectivity index (χ2n) is 3.95. The van der Waals surface area contributed by atoms with Gasteiger partial charge in [0.2, 0.25) is 0 Å². The Morgan fingerprint density at radius 1 is 1.43 bits per heavy atom. The smallest absolute Gasteiger partial charge is 0.0721 e. The first-order chi connectivity index (χ1) is 6.75. The summed E-state index contributed by atoms with van der Waals surface area (Å²) >= 11 is 3.53. The van der Waals surface area contributed by atoms with Crippen molar-refractivity contribution in [3.05, 3.63) is 33.8 Å². The van der Waals surface area contributed by atoms with Gasteiger partial charge < -0.3 is 4.74 Å². The molecule has 0 aromatic heterocycles. The summed E-state index contributed by atoms with van der Waals surface area (Å²) in [7, 11) is 0. The molecule has 1 fully saturated rings. The fourth-order valence-corrected chi connectivity index (χ4v) is 1.90. The van der Waals surface area contributed by atoms with Crippen LogP contribution < -0.4 is 0 Å². The van der Waals surface area contributed by atoms with Gasteiger partial charge in [-0.1, -0.05) is 28.1 Å². The van der Waals surface area contributed by atoms with Crippen molar-refractivity contribution in [3.63, 3.8) is 0 Å². The van der Waals surface area contributed by atoms with Crippen molar-refractivity contribution >= 4 is 15.9 Å². The molecule has 0 radical (unpaired) electrons. The zero-order chi connectivity index (χ0) is 9.97. The Hall–Kier alpha value is -0.340. The minimum Gasteiger partial charge on any atom is -0.374 e. The van der Waals surface area contributed by atoms with E-state index in [-0.39, 0.29) is 0 Å². The quantitative estimate of drug-likeness (QED) is 0.797. The summed E-state index contributed by atoms with van der Waals surface area (Å²) in [6, 6.07) is 6.41. The average Bonchev–Trinajstić information content (AvgIpc) is 2.08. The Labute approximate surface area is 93.6 Å². The number of rotatable bonds is 3. The lowest BCUT2D eigenvalue weighted by Crippen LogP contribution is -2.21. The first-order valence-electron chi connectivity index (χ1n) is 5.12. The van der Waals surface area contributed by atoms with Crippen LogP contribution in [0, 0.1) is 6.92 Å². The predicted octanol–water partition coefficient (Wildman–Crippen LogP) is 3.83. The summed E-state index contributed by atoms with van der Waals surface area (Å²) < 4.78 is 6.91. The molecule has 0 amide bonds. The maximum Gasteiger partial charge on any atom is 0.0721 e. The van der Waals surface area contributed by atoms with E-state index in [1.807, 2.05) is 0 Å².